The van der Waals surface area contributed by atoms with Gasteiger partial charge in [-0.15, -0.1) is 0 Å². The fraction of sp³-hybridized carbons (Fsp3) is 0. The number of esters is 1. The summed E-state index contributed by atoms with van der Waals surface area (Å²) in [5.74, 6) is -2.18. The first-order valence-corrected chi connectivity index (χ1v) is 12.1. The highest BCUT2D eigenvalue weighted by Gasteiger charge is 2.37. The van der Waals surface area contributed by atoms with E-state index in [0.717, 1.165) is 9.37 Å². The smallest absolute Gasteiger partial charge is 0.343 e. The van der Waals surface area contributed by atoms with Gasteiger partial charge in [0.1, 0.15) is 5.57 Å². The summed E-state index contributed by atoms with van der Waals surface area (Å²) in [4.78, 5) is 51.7. The van der Waals surface area contributed by atoms with Crippen LogP contribution in [0.5, 0.6) is 5.75 Å². The van der Waals surface area contributed by atoms with Crippen LogP contribution in [-0.4, -0.2) is 23.8 Å². The summed E-state index contributed by atoms with van der Waals surface area (Å²) in [6.07, 6.45) is 1.28. The number of anilines is 1. The Morgan fingerprint density at radius 1 is 0.882 bits per heavy atom. The first-order valence-electron chi connectivity index (χ1n) is 9.68. The van der Waals surface area contributed by atoms with Gasteiger partial charge in [0.15, 0.2) is 5.75 Å². The number of carbonyl (C=O) groups excluding carboxylic acids is 4. The molecule has 0 bridgehead atoms. The van der Waals surface area contributed by atoms with Crippen LogP contribution in [0.2, 0.25) is 0 Å². The molecule has 0 atom stereocenters. The van der Waals surface area contributed by atoms with Gasteiger partial charge >= 0.3 is 12.0 Å². The van der Waals surface area contributed by atoms with E-state index >= 15 is 0 Å². The molecule has 1 fully saturated rings. The Hall–Kier alpha value is -3.08. The van der Waals surface area contributed by atoms with Gasteiger partial charge < -0.3 is 4.74 Å². The van der Waals surface area contributed by atoms with Crippen LogP contribution in [0.1, 0.15) is 15.9 Å². The third kappa shape index (κ3) is 5.03. The van der Waals surface area contributed by atoms with E-state index < -0.39 is 23.8 Å². The quantitative estimate of drug-likeness (QED) is 0.166. The monoisotopic (exact) mass is 646 g/mol. The summed E-state index contributed by atoms with van der Waals surface area (Å²) < 4.78 is 7.38. The molecule has 10 heteroatoms. The summed E-state index contributed by atoms with van der Waals surface area (Å²) in [7, 11) is 0. The highest BCUT2D eigenvalue weighted by molar-refractivity contribution is 9.11. The van der Waals surface area contributed by atoms with Gasteiger partial charge in [-0.05, 0) is 70.5 Å². The van der Waals surface area contributed by atoms with Crippen molar-refractivity contribution in [1.82, 2.24) is 5.32 Å². The van der Waals surface area contributed by atoms with E-state index in [0.29, 0.717) is 14.5 Å². The van der Waals surface area contributed by atoms with Crippen molar-refractivity contribution >= 4 is 83.4 Å². The number of ether oxygens (including phenoxy) is 1. The van der Waals surface area contributed by atoms with Crippen molar-refractivity contribution < 1.29 is 23.9 Å². The number of nitrogens with one attached hydrogen (secondary N) is 1. The number of hydrogen-bond acceptors (Lipinski definition) is 5. The van der Waals surface area contributed by atoms with Crippen molar-refractivity contribution in [2.24, 2.45) is 0 Å². The molecule has 4 rings (SSSR count). The molecular weight excluding hydrogens is 636 g/mol. The van der Waals surface area contributed by atoms with Crippen LogP contribution < -0.4 is 15.0 Å². The summed E-state index contributed by atoms with van der Waals surface area (Å²) in [6, 6.07) is 17.3. The van der Waals surface area contributed by atoms with E-state index in [9.17, 15) is 19.2 Å². The molecule has 1 aliphatic heterocycles. The van der Waals surface area contributed by atoms with Crippen LogP contribution in [0.15, 0.2) is 85.7 Å². The van der Waals surface area contributed by atoms with Crippen LogP contribution in [0.4, 0.5) is 10.5 Å². The summed E-state index contributed by atoms with van der Waals surface area (Å²) in [5, 5.41) is 2.17. The lowest BCUT2D eigenvalue weighted by molar-refractivity contribution is -0.122. The predicted molar refractivity (Wildman–Crippen MR) is 136 cm³/mol. The largest absolute Gasteiger partial charge is 0.421 e. The van der Waals surface area contributed by atoms with E-state index in [2.05, 4.69) is 53.1 Å². The van der Waals surface area contributed by atoms with Crippen molar-refractivity contribution in [2.75, 3.05) is 4.90 Å². The minimum Gasteiger partial charge on any atom is -0.421 e. The van der Waals surface area contributed by atoms with Crippen molar-refractivity contribution in [3.63, 3.8) is 0 Å². The van der Waals surface area contributed by atoms with Crippen LogP contribution in [0.3, 0.4) is 0 Å². The van der Waals surface area contributed by atoms with Gasteiger partial charge in [0.25, 0.3) is 11.8 Å². The minimum absolute atomic E-state index is 0.109. The number of hydrogen-bond donors (Lipinski definition) is 1. The maximum Gasteiger partial charge on any atom is 0.343 e. The van der Waals surface area contributed by atoms with Crippen molar-refractivity contribution in [3.05, 3.63) is 96.8 Å². The molecule has 3 aromatic carbocycles. The van der Waals surface area contributed by atoms with Gasteiger partial charge in [0.2, 0.25) is 0 Å². The Morgan fingerprint density at radius 3 is 2.24 bits per heavy atom. The second kappa shape index (κ2) is 10.0. The fourth-order valence-corrected chi connectivity index (χ4v) is 4.76. The number of benzene rings is 3. The lowest BCUT2D eigenvalue weighted by Gasteiger charge is -2.26. The Kier molecular flexibility index (Phi) is 7.11. The van der Waals surface area contributed by atoms with Crippen molar-refractivity contribution in [2.45, 2.75) is 0 Å². The Morgan fingerprint density at radius 2 is 1.56 bits per heavy atom. The zero-order chi connectivity index (χ0) is 24.4. The third-order valence-electron chi connectivity index (χ3n) is 4.73. The molecule has 3 aromatic rings. The molecule has 1 saturated heterocycles. The Bertz CT molecular complexity index is 1360. The number of halogens is 3. The molecule has 4 amide bonds. The van der Waals surface area contributed by atoms with Crippen LogP contribution in [0.25, 0.3) is 6.08 Å². The van der Waals surface area contributed by atoms with E-state index in [1.807, 2.05) is 0 Å². The average molecular weight is 649 g/mol. The number of barbiturate groups is 1. The number of amides is 4. The maximum absolute atomic E-state index is 13.2. The van der Waals surface area contributed by atoms with Crippen molar-refractivity contribution in [1.29, 1.82) is 0 Å². The molecule has 1 N–H and O–H groups in total. The standard InChI is InChI=1S/C24H13Br3N2O5/c25-15-6-8-17(9-7-15)29-22(31)18(21(30)28-24(29)33)11-14-10-16(26)12-19(27)20(14)34-23(32)13-4-2-1-3-5-13/h1-12H,(H,28,30,33)/b18-11-. The van der Waals surface area contributed by atoms with Crippen LogP contribution in [-0.2, 0) is 9.59 Å². The topological polar surface area (TPSA) is 92.8 Å². The lowest BCUT2D eigenvalue weighted by Crippen LogP contribution is -2.54. The molecule has 1 heterocycles. The lowest BCUT2D eigenvalue weighted by atomic mass is 10.1. The van der Waals surface area contributed by atoms with E-state index in [1.165, 1.54) is 6.08 Å². The molecule has 0 unspecified atom stereocenters. The molecule has 170 valence electrons. The highest BCUT2D eigenvalue weighted by atomic mass is 79.9. The molecule has 34 heavy (non-hydrogen) atoms. The average Bonchev–Trinajstić information content (AvgIpc) is 2.80. The SMILES string of the molecule is O=C1NC(=O)N(c2ccc(Br)cc2)C(=O)/C1=C\c1cc(Br)cc(Br)c1OC(=O)c1ccccc1. The van der Waals surface area contributed by atoms with Gasteiger partial charge in [-0.3, -0.25) is 14.9 Å². The number of carbonyl (C=O) groups is 4. The number of urea groups is 1. The number of imide groups is 2. The van der Waals surface area contributed by atoms with Gasteiger partial charge in [0.05, 0.1) is 15.7 Å². The Labute approximate surface area is 219 Å². The van der Waals surface area contributed by atoms with Crippen LogP contribution >= 0.6 is 47.8 Å². The zero-order valence-corrected chi connectivity index (χ0v) is 21.8. The van der Waals surface area contributed by atoms with Gasteiger partial charge in [-0.2, -0.15) is 0 Å². The summed E-state index contributed by atoms with van der Waals surface area (Å²) in [5.41, 5.74) is 0.586. The second-order valence-electron chi connectivity index (χ2n) is 7.00. The number of rotatable bonds is 4. The molecule has 7 nitrogen and oxygen atoms in total. The Balaban J connectivity index is 1.75. The van der Waals surface area contributed by atoms with Gasteiger partial charge in [0, 0.05) is 14.5 Å². The second-order valence-corrected chi connectivity index (χ2v) is 9.68. The normalized spacial score (nSPS) is 14.9. The van der Waals surface area contributed by atoms with Gasteiger partial charge in [-0.1, -0.05) is 50.1 Å². The van der Waals surface area contributed by atoms with E-state index in [-0.39, 0.29) is 22.6 Å². The maximum atomic E-state index is 13.2. The molecule has 0 aliphatic carbocycles. The van der Waals surface area contributed by atoms with Gasteiger partial charge in [-0.25, -0.2) is 14.5 Å². The molecule has 0 radical (unpaired) electrons. The van der Waals surface area contributed by atoms with E-state index in [4.69, 9.17) is 4.74 Å². The number of nitrogens with zero attached hydrogens (tertiary/aromatic N) is 1. The minimum atomic E-state index is -0.861. The highest BCUT2D eigenvalue weighted by Crippen LogP contribution is 2.35. The molecule has 1 aliphatic rings. The molecular formula is C24H13Br3N2O5. The first kappa shape index (κ1) is 24.1. The van der Waals surface area contributed by atoms with Crippen LogP contribution in [0, 0.1) is 0 Å². The fourth-order valence-electron chi connectivity index (χ4n) is 3.16. The molecule has 0 spiro atoms. The molecule has 0 saturated carbocycles. The first-order chi connectivity index (χ1) is 16.2. The van der Waals surface area contributed by atoms with E-state index in [1.54, 1.807) is 66.7 Å². The molecule has 0 aromatic heterocycles. The predicted octanol–water partition coefficient (Wildman–Crippen LogP) is 5.86. The zero-order valence-electron chi connectivity index (χ0n) is 17.1. The third-order valence-corrected chi connectivity index (χ3v) is 6.30. The summed E-state index contributed by atoms with van der Waals surface area (Å²) >= 11 is 10.0. The summed E-state index contributed by atoms with van der Waals surface area (Å²) in [6.45, 7) is 0. The van der Waals surface area contributed by atoms with Crippen molar-refractivity contribution in [3.8, 4) is 5.75 Å².